The lowest BCUT2D eigenvalue weighted by atomic mass is 10.0. The van der Waals surface area contributed by atoms with E-state index in [1.54, 1.807) is 12.4 Å². The Bertz CT molecular complexity index is 1130. The molecule has 0 aliphatic carbocycles. The van der Waals surface area contributed by atoms with E-state index >= 15 is 0 Å². The number of carbonyl (C=O) groups is 1. The highest BCUT2D eigenvalue weighted by atomic mass is 16.5. The van der Waals surface area contributed by atoms with Crippen LogP contribution in [0.1, 0.15) is 33.5 Å². The first-order valence-electron chi connectivity index (χ1n) is 11.1. The van der Waals surface area contributed by atoms with E-state index in [1.165, 1.54) is 11.1 Å². The summed E-state index contributed by atoms with van der Waals surface area (Å²) < 4.78 is 5.59. The lowest BCUT2D eigenvalue weighted by Crippen LogP contribution is -2.25. The number of amides is 1. The van der Waals surface area contributed by atoms with Crippen LogP contribution in [0.4, 0.5) is 0 Å². The number of likely N-dealkylation sites (tertiary alicyclic amines) is 1. The number of β-amino-alcohol motifs (C(OH)–C–C–N with tert-alkyl or cyclic N) is 1. The van der Waals surface area contributed by atoms with Crippen LogP contribution in [0.2, 0.25) is 0 Å². The number of ether oxygens (including phenoxy) is 1. The topological polar surface area (TPSA) is 74.7 Å². The Morgan fingerprint density at radius 3 is 2.84 bits per heavy atom. The molecular weight excluding hydrogens is 402 g/mol. The molecule has 6 heteroatoms. The predicted molar refractivity (Wildman–Crippen MR) is 122 cm³/mol. The zero-order chi connectivity index (χ0) is 21.9. The minimum atomic E-state index is -0.236. The molecule has 2 N–H and O–H groups in total. The van der Waals surface area contributed by atoms with Crippen LogP contribution in [-0.2, 0) is 19.5 Å². The molecule has 0 bridgehead atoms. The third-order valence-corrected chi connectivity index (χ3v) is 6.22. The van der Waals surface area contributed by atoms with Crippen molar-refractivity contribution in [3.8, 4) is 16.9 Å². The summed E-state index contributed by atoms with van der Waals surface area (Å²) in [6.45, 7) is 3.55. The van der Waals surface area contributed by atoms with Gasteiger partial charge >= 0.3 is 0 Å². The molecule has 1 aromatic heterocycles. The Balaban J connectivity index is 1.27. The Kier molecular flexibility index (Phi) is 5.88. The van der Waals surface area contributed by atoms with Crippen molar-refractivity contribution in [2.75, 3.05) is 19.7 Å². The Hall–Kier alpha value is -3.22. The summed E-state index contributed by atoms with van der Waals surface area (Å²) in [6.07, 6.45) is 4.88. The number of nitrogens with zero attached hydrogens (tertiary/aromatic N) is 2. The molecule has 1 amide bonds. The zero-order valence-corrected chi connectivity index (χ0v) is 18.0. The van der Waals surface area contributed by atoms with Crippen molar-refractivity contribution in [1.82, 2.24) is 15.2 Å². The lowest BCUT2D eigenvalue weighted by Gasteiger charge is -2.18. The maximum absolute atomic E-state index is 12.9. The molecule has 1 unspecified atom stereocenters. The highest BCUT2D eigenvalue weighted by molar-refractivity contribution is 5.95. The molecule has 164 valence electrons. The van der Waals surface area contributed by atoms with Crippen LogP contribution in [0.5, 0.6) is 5.75 Å². The number of carbonyl (C=O) groups excluding carboxylic acids is 1. The molecule has 1 fully saturated rings. The van der Waals surface area contributed by atoms with Gasteiger partial charge in [0.15, 0.2) is 0 Å². The van der Waals surface area contributed by atoms with Gasteiger partial charge in [0.25, 0.3) is 5.91 Å². The van der Waals surface area contributed by atoms with E-state index in [2.05, 4.69) is 27.3 Å². The molecule has 1 atom stereocenters. The number of aromatic nitrogens is 1. The van der Waals surface area contributed by atoms with Gasteiger partial charge in [-0.25, -0.2) is 0 Å². The fourth-order valence-electron chi connectivity index (χ4n) is 4.45. The third-order valence-electron chi connectivity index (χ3n) is 6.22. The summed E-state index contributed by atoms with van der Waals surface area (Å²) in [5, 5.41) is 12.8. The van der Waals surface area contributed by atoms with Gasteiger partial charge in [-0.15, -0.1) is 0 Å². The zero-order valence-electron chi connectivity index (χ0n) is 18.0. The number of benzene rings is 2. The molecule has 5 rings (SSSR count). The number of fused-ring (bicyclic) bond motifs is 1. The number of aliphatic hydroxyl groups is 1. The highest BCUT2D eigenvalue weighted by Crippen LogP contribution is 2.30. The summed E-state index contributed by atoms with van der Waals surface area (Å²) in [4.78, 5) is 19.4. The van der Waals surface area contributed by atoms with Crippen LogP contribution in [0.3, 0.4) is 0 Å². The van der Waals surface area contributed by atoms with Crippen LogP contribution in [0.25, 0.3) is 11.1 Å². The molecule has 6 nitrogen and oxygen atoms in total. The van der Waals surface area contributed by atoms with Crippen molar-refractivity contribution >= 4 is 5.91 Å². The first-order chi connectivity index (χ1) is 15.7. The van der Waals surface area contributed by atoms with Gasteiger partial charge in [-0.05, 0) is 46.9 Å². The van der Waals surface area contributed by atoms with Gasteiger partial charge in [0, 0.05) is 50.6 Å². The largest absolute Gasteiger partial charge is 0.493 e. The molecule has 2 aromatic carbocycles. The van der Waals surface area contributed by atoms with Crippen LogP contribution in [0.15, 0.2) is 60.9 Å². The number of nitrogens with one attached hydrogen (secondary N) is 1. The van der Waals surface area contributed by atoms with Crippen molar-refractivity contribution in [3.05, 3.63) is 83.2 Å². The molecule has 2 aliphatic rings. The highest BCUT2D eigenvalue weighted by Gasteiger charge is 2.21. The van der Waals surface area contributed by atoms with E-state index < -0.39 is 0 Å². The van der Waals surface area contributed by atoms with Crippen molar-refractivity contribution in [2.45, 2.75) is 32.0 Å². The molecular formula is C26H27N3O3. The molecule has 0 radical (unpaired) electrons. The Labute approximate surface area is 187 Å². The van der Waals surface area contributed by atoms with Gasteiger partial charge in [0.1, 0.15) is 5.75 Å². The van der Waals surface area contributed by atoms with E-state index in [0.717, 1.165) is 55.0 Å². The fraction of sp³-hybridized carbons (Fsp3) is 0.308. The molecule has 0 saturated carbocycles. The minimum absolute atomic E-state index is 0.143. The smallest absolute Gasteiger partial charge is 0.253 e. The number of hydrogen-bond acceptors (Lipinski definition) is 5. The van der Waals surface area contributed by atoms with Gasteiger partial charge in [-0.2, -0.15) is 0 Å². The molecule has 0 spiro atoms. The quantitative estimate of drug-likeness (QED) is 0.630. The van der Waals surface area contributed by atoms with Crippen LogP contribution < -0.4 is 10.1 Å². The van der Waals surface area contributed by atoms with E-state index in [-0.39, 0.29) is 12.0 Å². The van der Waals surface area contributed by atoms with Crippen LogP contribution in [-0.4, -0.2) is 46.7 Å². The maximum atomic E-state index is 12.9. The monoisotopic (exact) mass is 429 g/mol. The second kappa shape index (κ2) is 9.10. The van der Waals surface area contributed by atoms with Gasteiger partial charge in [-0.3, -0.25) is 14.7 Å². The van der Waals surface area contributed by atoms with Crippen molar-refractivity contribution < 1.29 is 14.6 Å². The standard InChI is InChI=1S/C26H27N3O3/c30-24-7-9-29(17-24)16-21-4-2-1-3-20(21)15-28-26(31)23-12-22(13-27-14-23)18-5-6-25-19(11-18)8-10-32-25/h1-6,11-14,24,30H,7-10,15-17H2,(H,28,31). The van der Waals surface area contributed by atoms with Gasteiger partial charge in [0.2, 0.25) is 0 Å². The average Bonchev–Trinajstić information content (AvgIpc) is 3.46. The minimum Gasteiger partial charge on any atom is -0.493 e. The van der Waals surface area contributed by atoms with Crippen LogP contribution in [0, 0.1) is 0 Å². The number of rotatable bonds is 6. The summed E-state index contributed by atoms with van der Waals surface area (Å²) in [5.41, 5.74) is 5.95. The Morgan fingerprint density at radius 1 is 1.12 bits per heavy atom. The van der Waals surface area contributed by atoms with Crippen molar-refractivity contribution in [1.29, 1.82) is 0 Å². The molecule has 3 aromatic rings. The second-order valence-electron chi connectivity index (χ2n) is 8.51. The predicted octanol–water partition coefficient (Wildman–Crippen LogP) is 3.18. The fourth-order valence-corrected chi connectivity index (χ4v) is 4.45. The lowest BCUT2D eigenvalue weighted by molar-refractivity contribution is 0.0950. The molecule has 32 heavy (non-hydrogen) atoms. The maximum Gasteiger partial charge on any atom is 0.253 e. The normalized spacial score (nSPS) is 17.7. The summed E-state index contributed by atoms with van der Waals surface area (Å²) >= 11 is 0. The molecule has 3 heterocycles. The van der Waals surface area contributed by atoms with Gasteiger partial charge < -0.3 is 15.2 Å². The van der Waals surface area contributed by atoms with Gasteiger partial charge in [-0.1, -0.05) is 30.3 Å². The van der Waals surface area contributed by atoms with Crippen molar-refractivity contribution in [3.63, 3.8) is 0 Å². The first kappa shape index (κ1) is 20.7. The van der Waals surface area contributed by atoms with E-state index in [9.17, 15) is 9.90 Å². The Morgan fingerprint density at radius 2 is 2.00 bits per heavy atom. The number of pyridine rings is 1. The van der Waals surface area contributed by atoms with E-state index in [1.807, 2.05) is 36.4 Å². The average molecular weight is 430 g/mol. The summed E-state index contributed by atoms with van der Waals surface area (Å²) in [5.74, 6) is 0.799. The first-order valence-corrected chi connectivity index (χ1v) is 11.1. The molecule has 1 saturated heterocycles. The SMILES string of the molecule is O=C(NCc1ccccc1CN1CCC(O)C1)c1cncc(-c2ccc3c(c2)CCO3)c1. The summed E-state index contributed by atoms with van der Waals surface area (Å²) in [6, 6.07) is 16.1. The number of hydrogen-bond donors (Lipinski definition) is 2. The van der Waals surface area contributed by atoms with Crippen LogP contribution >= 0.6 is 0 Å². The van der Waals surface area contributed by atoms with E-state index in [0.29, 0.717) is 18.7 Å². The molecule has 2 aliphatic heterocycles. The van der Waals surface area contributed by atoms with Gasteiger partial charge in [0.05, 0.1) is 18.3 Å². The van der Waals surface area contributed by atoms with Crippen molar-refractivity contribution in [2.24, 2.45) is 0 Å². The second-order valence-corrected chi connectivity index (χ2v) is 8.51. The summed E-state index contributed by atoms with van der Waals surface area (Å²) in [7, 11) is 0. The number of aliphatic hydroxyl groups excluding tert-OH is 1. The van der Waals surface area contributed by atoms with E-state index in [4.69, 9.17) is 4.74 Å². The third kappa shape index (κ3) is 4.52.